The van der Waals surface area contributed by atoms with Gasteiger partial charge < -0.3 is 0 Å². The maximum Gasteiger partial charge on any atom is 0.244 e. The second kappa shape index (κ2) is 5.50. The van der Waals surface area contributed by atoms with Crippen molar-refractivity contribution in [2.45, 2.75) is 25.2 Å². The molecule has 0 radical (unpaired) electrons. The highest BCUT2D eigenvalue weighted by Gasteiger charge is 2.34. The molecule has 0 saturated carbocycles. The molecular weight excluding hydrogens is 333 g/mol. The summed E-state index contributed by atoms with van der Waals surface area (Å²) in [6.45, 7) is 5.29. The lowest BCUT2D eigenvalue weighted by molar-refractivity contribution is 0.388. The Bertz CT molecular complexity index is 574. The second-order valence-electron chi connectivity index (χ2n) is 5.23. The third-order valence-electron chi connectivity index (χ3n) is 3.64. The van der Waals surface area contributed by atoms with Crippen LogP contribution in [0.2, 0.25) is 0 Å². The largest absolute Gasteiger partial charge is 0.244 e. The van der Waals surface area contributed by atoms with E-state index >= 15 is 0 Å². The van der Waals surface area contributed by atoms with E-state index in [4.69, 9.17) is 0 Å². The highest BCUT2D eigenvalue weighted by Crippen LogP contribution is 2.31. The lowest BCUT2D eigenvalue weighted by atomic mass is 9.96. The number of rotatable bonds is 3. The van der Waals surface area contributed by atoms with Crippen molar-refractivity contribution in [1.82, 2.24) is 4.31 Å². The normalized spacial score (nSPS) is 21.2. The molecule has 1 fully saturated rings. The zero-order valence-corrected chi connectivity index (χ0v) is 13.3. The molecule has 6 heteroatoms. The average Bonchev–Trinajstić information content (AvgIpc) is 2.78. The summed E-state index contributed by atoms with van der Waals surface area (Å²) in [5.74, 6) is 0.415. The van der Waals surface area contributed by atoms with Crippen LogP contribution in [0, 0.1) is 17.7 Å². The minimum absolute atomic E-state index is 0.137. The van der Waals surface area contributed by atoms with Crippen molar-refractivity contribution in [3.05, 3.63) is 28.5 Å². The molecule has 1 atom stereocenters. The minimum Gasteiger partial charge on any atom is -0.207 e. The highest BCUT2D eigenvalue weighted by atomic mass is 79.9. The molecule has 3 nitrogen and oxygen atoms in total. The van der Waals surface area contributed by atoms with Crippen molar-refractivity contribution in [3.63, 3.8) is 0 Å². The van der Waals surface area contributed by atoms with Crippen molar-refractivity contribution >= 4 is 26.0 Å². The van der Waals surface area contributed by atoms with E-state index in [9.17, 15) is 12.8 Å². The first-order valence-electron chi connectivity index (χ1n) is 6.27. The molecular formula is C13H17BrFNO2S. The highest BCUT2D eigenvalue weighted by molar-refractivity contribution is 9.10. The third kappa shape index (κ3) is 3.01. The lowest BCUT2D eigenvalue weighted by Gasteiger charge is -2.18. The lowest BCUT2D eigenvalue weighted by Crippen LogP contribution is -2.29. The molecule has 2 rings (SSSR count). The minimum atomic E-state index is -3.53. The molecule has 1 aliphatic heterocycles. The van der Waals surface area contributed by atoms with Crippen molar-refractivity contribution in [3.8, 4) is 0 Å². The van der Waals surface area contributed by atoms with Crippen molar-refractivity contribution in [2.75, 3.05) is 13.1 Å². The Balaban J connectivity index is 2.29. The Morgan fingerprint density at radius 3 is 2.63 bits per heavy atom. The number of halogens is 2. The number of hydrogen-bond donors (Lipinski definition) is 0. The number of nitrogens with zero attached hydrogens (tertiary/aromatic N) is 1. The predicted molar refractivity (Wildman–Crippen MR) is 75.8 cm³/mol. The molecule has 1 aromatic rings. The first kappa shape index (κ1) is 14.9. The van der Waals surface area contributed by atoms with Gasteiger partial charge in [0.25, 0.3) is 0 Å². The molecule has 0 aliphatic carbocycles. The van der Waals surface area contributed by atoms with E-state index in [1.54, 1.807) is 0 Å². The molecule has 1 unspecified atom stereocenters. The van der Waals surface area contributed by atoms with Crippen LogP contribution in [0.3, 0.4) is 0 Å². The predicted octanol–water partition coefficient (Wildman–Crippen LogP) is 3.25. The van der Waals surface area contributed by atoms with Crippen LogP contribution in [-0.2, 0) is 10.0 Å². The van der Waals surface area contributed by atoms with Gasteiger partial charge in [-0.1, -0.05) is 13.8 Å². The molecule has 0 spiro atoms. The van der Waals surface area contributed by atoms with E-state index < -0.39 is 15.8 Å². The molecule has 0 bridgehead atoms. The van der Waals surface area contributed by atoms with E-state index in [0.29, 0.717) is 24.9 Å². The smallest absolute Gasteiger partial charge is 0.207 e. The van der Waals surface area contributed by atoms with Crippen LogP contribution in [0.5, 0.6) is 0 Å². The van der Waals surface area contributed by atoms with Crippen LogP contribution in [0.15, 0.2) is 27.6 Å². The summed E-state index contributed by atoms with van der Waals surface area (Å²) in [4.78, 5) is 0.137. The van der Waals surface area contributed by atoms with E-state index in [-0.39, 0.29) is 9.37 Å². The molecule has 1 aromatic carbocycles. The van der Waals surface area contributed by atoms with Gasteiger partial charge in [-0.05, 0) is 52.4 Å². The van der Waals surface area contributed by atoms with E-state index in [2.05, 4.69) is 29.8 Å². The summed E-state index contributed by atoms with van der Waals surface area (Å²) in [7, 11) is -3.53. The van der Waals surface area contributed by atoms with E-state index in [1.807, 2.05) is 0 Å². The van der Waals surface area contributed by atoms with Gasteiger partial charge in [-0.15, -0.1) is 0 Å². The molecule has 1 heterocycles. The van der Waals surface area contributed by atoms with Crippen LogP contribution >= 0.6 is 15.9 Å². The molecule has 1 saturated heterocycles. The Morgan fingerprint density at radius 2 is 2.11 bits per heavy atom. The monoisotopic (exact) mass is 349 g/mol. The van der Waals surface area contributed by atoms with Crippen molar-refractivity contribution in [1.29, 1.82) is 0 Å². The van der Waals surface area contributed by atoms with Gasteiger partial charge in [0.15, 0.2) is 0 Å². The molecule has 0 amide bonds. The molecule has 1 aliphatic rings. The SMILES string of the molecule is CC(C)C1CCN(S(=O)(=O)c2ccc(F)cc2Br)C1. The van der Waals surface area contributed by atoms with Crippen LogP contribution in [0.1, 0.15) is 20.3 Å². The third-order valence-corrected chi connectivity index (χ3v) is 6.48. The zero-order valence-electron chi connectivity index (χ0n) is 10.9. The molecule has 0 aromatic heterocycles. The summed E-state index contributed by atoms with van der Waals surface area (Å²) in [6.07, 6.45) is 0.885. The maximum absolute atomic E-state index is 13.0. The van der Waals surface area contributed by atoms with Gasteiger partial charge in [0.05, 0.1) is 4.90 Å². The zero-order chi connectivity index (χ0) is 14.2. The van der Waals surface area contributed by atoms with Crippen LogP contribution < -0.4 is 0 Å². The summed E-state index contributed by atoms with van der Waals surface area (Å²) in [5, 5.41) is 0. The number of sulfonamides is 1. The summed E-state index contributed by atoms with van der Waals surface area (Å²) in [6, 6.07) is 3.67. The quantitative estimate of drug-likeness (QED) is 0.839. The van der Waals surface area contributed by atoms with Gasteiger partial charge in [0, 0.05) is 17.6 Å². The summed E-state index contributed by atoms with van der Waals surface area (Å²) in [5.41, 5.74) is 0. The van der Waals surface area contributed by atoms with Gasteiger partial charge in [-0.25, -0.2) is 12.8 Å². The van der Waals surface area contributed by atoms with E-state index in [1.165, 1.54) is 22.5 Å². The number of hydrogen-bond acceptors (Lipinski definition) is 2. The van der Waals surface area contributed by atoms with Crippen molar-refractivity contribution < 1.29 is 12.8 Å². The Morgan fingerprint density at radius 1 is 1.42 bits per heavy atom. The first-order chi connectivity index (χ1) is 8.82. The fourth-order valence-electron chi connectivity index (χ4n) is 2.34. The fourth-order valence-corrected chi connectivity index (χ4v) is 4.86. The van der Waals surface area contributed by atoms with Gasteiger partial charge in [0.2, 0.25) is 10.0 Å². The molecule has 106 valence electrons. The van der Waals surface area contributed by atoms with Gasteiger partial charge >= 0.3 is 0 Å². The summed E-state index contributed by atoms with van der Waals surface area (Å²) < 4.78 is 39.8. The van der Waals surface area contributed by atoms with Gasteiger partial charge in [-0.2, -0.15) is 4.31 Å². The average molecular weight is 350 g/mol. The fraction of sp³-hybridized carbons (Fsp3) is 0.538. The topological polar surface area (TPSA) is 37.4 Å². The van der Waals surface area contributed by atoms with Crippen LogP contribution in [-0.4, -0.2) is 25.8 Å². The molecule has 0 N–H and O–H groups in total. The Kier molecular flexibility index (Phi) is 4.32. The van der Waals surface area contributed by atoms with Crippen LogP contribution in [0.25, 0.3) is 0 Å². The van der Waals surface area contributed by atoms with Crippen LogP contribution in [0.4, 0.5) is 4.39 Å². The Labute approximate surface area is 122 Å². The molecule has 19 heavy (non-hydrogen) atoms. The van der Waals surface area contributed by atoms with Gasteiger partial charge in [0.1, 0.15) is 5.82 Å². The second-order valence-corrected chi connectivity index (χ2v) is 7.99. The Hall–Kier alpha value is -0.460. The maximum atomic E-state index is 13.0. The number of benzene rings is 1. The van der Waals surface area contributed by atoms with E-state index in [0.717, 1.165) is 6.42 Å². The van der Waals surface area contributed by atoms with Crippen molar-refractivity contribution in [2.24, 2.45) is 11.8 Å². The standard InChI is InChI=1S/C13H17BrFNO2S/c1-9(2)10-5-6-16(8-10)19(17,18)13-4-3-11(15)7-12(13)14/h3-4,7,9-10H,5-6,8H2,1-2H3. The summed E-state index contributed by atoms with van der Waals surface area (Å²) >= 11 is 3.13. The first-order valence-corrected chi connectivity index (χ1v) is 8.51. The van der Waals surface area contributed by atoms with Gasteiger partial charge in [-0.3, -0.25) is 0 Å².